The van der Waals surface area contributed by atoms with Crippen molar-refractivity contribution in [2.75, 3.05) is 6.54 Å². The second-order valence-corrected chi connectivity index (χ2v) is 5.81. The van der Waals surface area contributed by atoms with Gasteiger partial charge in [-0.15, -0.1) is 5.10 Å². The Bertz CT molecular complexity index is 881. The van der Waals surface area contributed by atoms with Crippen LogP contribution in [0.5, 0.6) is 0 Å². The lowest BCUT2D eigenvalue weighted by molar-refractivity contribution is 0.0952. The molecule has 0 aliphatic carbocycles. The first-order chi connectivity index (χ1) is 12.1. The molecule has 0 spiro atoms. The maximum atomic E-state index is 12.4. The zero-order chi connectivity index (χ0) is 17.8. The number of rotatable bonds is 6. The molecule has 25 heavy (non-hydrogen) atoms. The van der Waals surface area contributed by atoms with Crippen LogP contribution in [0.2, 0.25) is 0 Å². The van der Waals surface area contributed by atoms with Crippen LogP contribution in [0, 0.1) is 13.8 Å². The van der Waals surface area contributed by atoms with Crippen LogP contribution < -0.4 is 5.32 Å². The number of hydrogen-bond donors (Lipinski definition) is 1. The molecule has 0 fully saturated rings. The van der Waals surface area contributed by atoms with Crippen molar-refractivity contribution in [1.82, 2.24) is 35.3 Å². The molecule has 130 valence electrons. The van der Waals surface area contributed by atoms with Gasteiger partial charge in [0.05, 0.1) is 12.2 Å². The third-order valence-corrected chi connectivity index (χ3v) is 3.93. The summed E-state index contributed by atoms with van der Waals surface area (Å²) in [5, 5.41) is 19.0. The fraction of sp³-hybridized carbons (Fsp3) is 0.353. The number of nitrogens with zero attached hydrogens (tertiary/aromatic N) is 6. The first-order valence-electron chi connectivity index (χ1n) is 8.24. The standard InChI is InChI=1S/C17H21N7O/c1-4-23-16(19-21-22-23)14-6-5-7-15(11-14)17(25)18-8-9-24-13(3)10-12(2)20-24/h5-7,10-11H,4,8-9H2,1-3H3,(H,18,25). The predicted octanol–water partition coefficient (Wildman–Crippen LogP) is 1.60. The lowest BCUT2D eigenvalue weighted by Crippen LogP contribution is -2.27. The quantitative estimate of drug-likeness (QED) is 0.737. The summed E-state index contributed by atoms with van der Waals surface area (Å²) in [7, 11) is 0. The summed E-state index contributed by atoms with van der Waals surface area (Å²) < 4.78 is 3.58. The summed E-state index contributed by atoms with van der Waals surface area (Å²) in [4.78, 5) is 12.4. The molecule has 8 nitrogen and oxygen atoms in total. The van der Waals surface area contributed by atoms with E-state index in [0.29, 0.717) is 31.0 Å². The molecule has 0 aliphatic heterocycles. The summed E-state index contributed by atoms with van der Waals surface area (Å²) in [6.07, 6.45) is 0. The molecule has 1 aromatic carbocycles. The predicted molar refractivity (Wildman–Crippen MR) is 93.0 cm³/mol. The Labute approximate surface area is 145 Å². The highest BCUT2D eigenvalue weighted by atomic mass is 16.1. The third-order valence-electron chi connectivity index (χ3n) is 3.93. The van der Waals surface area contributed by atoms with E-state index < -0.39 is 0 Å². The SMILES string of the molecule is CCn1nnnc1-c1cccc(C(=O)NCCn2nc(C)cc2C)c1. The number of amides is 1. The van der Waals surface area contributed by atoms with E-state index >= 15 is 0 Å². The highest BCUT2D eigenvalue weighted by molar-refractivity contribution is 5.95. The van der Waals surface area contributed by atoms with Crippen molar-refractivity contribution in [3.8, 4) is 11.4 Å². The van der Waals surface area contributed by atoms with Crippen molar-refractivity contribution in [2.24, 2.45) is 0 Å². The van der Waals surface area contributed by atoms with Gasteiger partial charge in [-0.25, -0.2) is 4.68 Å². The van der Waals surface area contributed by atoms with E-state index in [1.165, 1.54) is 0 Å². The Kier molecular flexibility index (Phi) is 4.87. The van der Waals surface area contributed by atoms with Crippen LogP contribution in [0.4, 0.5) is 0 Å². The van der Waals surface area contributed by atoms with Crippen molar-refractivity contribution in [3.05, 3.63) is 47.3 Å². The van der Waals surface area contributed by atoms with E-state index in [2.05, 4.69) is 25.9 Å². The fourth-order valence-corrected chi connectivity index (χ4v) is 2.70. The smallest absolute Gasteiger partial charge is 0.251 e. The Morgan fingerprint density at radius 3 is 2.76 bits per heavy atom. The van der Waals surface area contributed by atoms with Crippen LogP contribution in [-0.4, -0.2) is 42.4 Å². The van der Waals surface area contributed by atoms with Crippen LogP contribution in [0.15, 0.2) is 30.3 Å². The maximum absolute atomic E-state index is 12.4. The molecule has 0 atom stereocenters. The van der Waals surface area contributed by atoms with Crippen molar-refractivity contribution in [3.63, 3.8) is 0 Å². The van der Waals surface area contributed by atoms with Crippen LogP contribution in [-0.2, 0) is 13.1 Å². The second-order valence-electron chi connectivity index (χ2n) is 5.81. The minimum atomic E-state index is -0.126. The Morgan fingerprint density at radius 1 is 1.20 bits per heavy atom. The van der Waals surface area contributed by atoms with Gasteiger partial charge in [-0.05, 0) is 49.4 Å². The summed E-state index contributed by atoms with van der Waals surface area (Å²) in [5.41, 5.74) is 3.46. The zero-order valence-corrected chi connectivity index (χ0v) is 14.6. The highest BCUT2D eigenvalue weighted by Crippen LogP contribution is 2.17. The number of benzene rings is 1. The largest absolute Gasteiger partial charge is 0.350 e. The molecule has 3 rings (SSSR count). The number of aromatic nitrogens is 6. The molecule has 0 unspecified atom stereocenters. The second kappa shape index (κ2) is 7.25. The molecular weight excluding hydrogens is 318 g/mol. The minimum Gasteiger partial charge on any atom is -0.350 e. The van der Waals surface area contributed by atoms with E-state index in [0.717, 1.165) is 17.0 Å². The molecule has 0 aliphatic rings. The molecule has 0 bridgehead atoms. The molecule has 0 saturated carbocycles. The normalized spacial score (nSPS) is 10.8. The van der Waals surface area contributed by atoms with Crippen molar-refractivity contribution in [2.45, 2.75) is 33.9 Å². The number of carbonyl (C=O) groups excluding carboxylic acids is 1. The molecule has 1 amide bonds. The summed E-state index contributed by atoms with van der Waals surface area (Å²) in [6.45, 7) is 7.74. The Hall–Kier alpha value is -3.03. The molecular formula is C17H21N7O. The van der Waals surface area contributed by atoms with Crippen molar-refractivity contribution >= 4 is 5.91 Å². The van der Waals surface area contributed by atoms with Gasteiger partial charge in [-0.2, -0.15) is 5.10 Å². The van der Waals surface area contributed by atoms with Gasteiger partial charge >= 0.3 is 0 Å². The number of aryl methyl sites for hydroxylation is 3. The molecule has 2 aromatic heterocycles. The van der Waals surface area contributed by atoms with Gasteiger partial charge in [0.1, 0.15) is 0 Å². The van der Waals surface area contributed by atoms with Gasteiger partial charge in [0, 0.05) is 29.9 Å². The minimum absolute atomic E-state index is 0.126. The van der Waals surface area contributed by atoms with Crippen LogP contribution in [0.1, 0.15) is 28.7 Å². The Balaban J connectivity index is 1.66. The molecule has 0 saturated heterocycles. The number of nitrogens with one attached hydrogen (secondary N) is 1. The number of hydrogen-bond acceptors (Lipinski definition) is 5. The van der Waals surface area contributed by atoms with Gasteiger partial charge in [0.2, 0.25) is 0 Å². The van der Waals surface area contributed by atoms with E-state index in [1.54, 1.807) is 16.8 Å². The van der Waals surface area contributed by atoms with Gasteiger partial charge in [-0.3, -0.25) is 9.48 Å². The summed E-state index contributed by atoms with van der Waals surface area (Å²) in [6, 6.07) is 9.33. The molecule has 3 aromatic rings. The van der Waals surface area contributed by atoms with E-state index in [9.17, 15) is 4.79 Å². The monoisotopic (exact) mass is 339 g/mol. The van der Waals surface area contributed by atoms with E-state index in [-0.39, 0.29) is 5.91 Å². The number of carbonyl (C=O) groups is 1. The Morgan fingerprint density at radius 2 is 2.04 bits per heavy atom. The topological polar surface area (TPSA) is 90.5 Å². The summed E-state index contributed by atoms with van der Waals surface area (Å²) >= 11 is 0. The van der Waals surface area contributed by atoms with Gasteiger partial charge in [0.25, 0.3) is 5.91 Å². The van der Waals surface area contributed by atoms with Crippen LogP contribution in [0.25, 0.3) is 11.4 Å². The summed E-state index contributed by atoms with van der Waals surface area (Å²) in [5.74, 6) is 0.527. The van der Waals surface area contributed by atoms with Crippen molar-refractivity contribution in [1.29, 1.82) is 0 Å². The zero-order valence-electron chi connectivity index (χ0n) is 14.6. The van der Waals surface area contributed by atoms with E-state index in [4.69, 9.17) is 0 Å². The lowest BCUT2D eigenvalue weighted by atomic mass is 10.1. The average molecular weight is 339 g/mol. The van der Waals surface area contributed by atoms with Gasteiger partial charge in [-0.1, -0.05) is 12.1 Å². The third kappa shape index (κ3) is 3.73. The number of tetrazole rings is 1. The molecule has 0 radical (unpaired) electrons. The maximum Gasteiger partial charge on any atom is 0.251 e. The van der Waals surface area contributed by atoms with Crippen LogP contribution >= 0.6 is 0 Å². The first-order valence-corrected chi connectivity index (χ1v) is 8.24. The van der Waals surface area contributed by atoms with Crippen molar-refractivity contribution < 1.29 is 4.79 Å². The molecule has 8 heteroatoms. The van der Waals surface area contributed by atoms with Crippen LogP contribution in [0.3, 0.4) is 0 Å². The molecule has 2 heterocycles. The van der Waals surface area contributed by atoms with E-state index in [1.807, 2.05) is 43.7 Å². The molecule has 1 N–H and O–H groups in total. The highest BCUT2D eigenvalue weighted by Gasteiger charge is 2.11. The van der Waals surface area contributed by atoms with Gasteiger partial charge < -0.3 is 5.32 Å². The fourth-order valence-electron chi connectivity index (χ4n) is 2.70. The first kappa shape index (κ1) is 16.8. The average Bonchev–Trinajstić information content (AvgIpc) is 3.21. The van der Waals surface area contributed by atoms with Gasteiger partial charge in [0.15, 0.2) is 5.82 Å². The lowest BCUT2D eigenvalue weighted by Gasteiger charge is -2.08.